The van der Waals surface area contributed by atoms with Crippen LogP contribution in [-0.4, -0.2) is 37.2 Å². The van der Waals surface area contributed by atoms with E-state index in [2.05, 4.69) is 34.6 Å². The topological polar surface area (TPSA) is 78.9 Å². The molecule has 0 fully saturated rings. The predicted octanol–water partition coefficient (Wildman–Crippen LogP) is 21.2. The highest BCUT2D eigenvalue weighted by Gasteiger charge is 2.19. The number of hydrogen-bond donors (Lipinski definition) is 0. The van der Waals surface area contributed by atoms with Crippen LogP contribution in [0.2, 0.25) is 0 Å². The van der Waals surface area contributed by atoms with Crippen molar-refractivity contribution in [3.8, 4) is 0 Å². The largest absolute Gasteiger partial charge is 0.462 e. The normalized spacial score (nSPS) is 12.4. The fourth-order valence-corrected chi connectivity index (χ4v) is 9.90. The minimum absolute atomic E-state index is 0.0619. The molecule has 0 amide bonds. The molecule has 0 N–H and O–H groups in total. The van der Waals surface area contributed by atoms with Gasteiger partial charge in [0.1, 0.15) is 13.2 Å². The Morgan fingerprint density at radius 3 is 0.814 bits per heavy atom. The summed E-state index contributed by atoms with van der Waals surface area (Å²) in [5, 5.41) is 0. The quantitative estimate of drug-likeness (QED) is 0.0343. The third-order valence-electron chi connectivity index (χ3n) is 15.1. The van der Waals surface area contributed by atoms with Gasteiger partial charge in [-0.3, -0.25) is 14.4 Å². The van der Waals surface area contributed by atoms with Gasteiger partial charge in [-0.15, -0.1) is 0 Å². The van der Waals surface area contributed by atoms with Crippen LogP contribution in [0.25, 0.3) is 0 Å². The van der Waals surface area contributed by atoms with E-state index in [9.17, 15) is 14.4 Å². The average Bonchev–Trinajstić information content (AvgIpc) is 3.35. The van der Waals surface area contributed by atoms with Crippen molar-refractivity contribution >= 4 is 17.9 Å². The van der Waals surface area contributed by atoms with Gasteiger partial charge >= 0.3 is 17.9 Å². The van der Waals surface area contributed by atoms with Gasteiger partial charge in [0.15, 0.2) is 6.10 Å². The molecule has 0 aromatic heterocycles. The van der Waals surface area contributed by atoms with Gasteiger partial charge in [0, 0.05) is 19.3 Å². The molecule has 0 heterocycles. The fourth-order valence-electron chi connectivity index (χ4n) is 9.90. The molecule has 0 aromatic carbocycles. The molecular weight excluding hydrogens is 865 g/mol. The van der Waals surface area contributed by atoms with Gasteiger partial charge < -0.3 is 14.2 Å². The predicted molar refractivity (Wildman–Crippen MR) is 303 cm³/mol. The summed E-state index contributed by atoms with van der Waals surface area (Å²) in [6.07, 6.45) is 62.4. The summed E-state index contributed by atoms with van der Waals surface area (Å²) in [7, 11) is 0. The Kier molecular flexibility index (Phi) is 55.4. The van der Waals surface area contributed by atoms with Crippen molar-refractivity contribution in [2.75, 3.05) is 13.2 Å². The zero-order valence-corrected chi connectivity index (χ0v) is 48.2. The molecule has 0 aliphatic heterocycles. The van der Waals surface area contributed by atoms with E-state index in [1.807, 2.05) is 0 Å². The summed E-state index contributed by atoms with van der Waals surface area (Å²) in [4.78, 5) is 38.3. The molecule has 1 unspecified atom stereocenters. The lowest BCUT2D eigenvalue weighted by Crippen LogP contribution is -2.30. The van der Waals surface area contributed by atoms with Crippen LogP contribution in [0.5, 0.6) is 0 Å². The molecule has 0 spiro atoms. The molecule has 2 atom stereocenters. The zero-order valence-electron chi connectivity index (χ0n) is 48.2. The molecule has 0 rings (SSSR count). The molecule has 416 valence electrons. The van der Waals surface area contributed by atoms with E-state index >= 15 is 0 Å². The van der Waals surface area contributed by atoms with E-state index < -0.39 is 6.10 Å². The minimum Gasteiger partial charge on any atom is -0.462 e. The van der Waals surface area contributed by atoms with Crippen LogP contribution in [0.3, 0.4) is 0 Å². The van der Waals surface area contributed by atoms with Crippen molar-refractivity contribution < 1.29 is 28.6 Å². The summed E-state index contributed by atoms with van der Waals surface area (Å²) < 4.78 is 16.9. The van der Waals surface area contributed by atoms with Crippen molar-refractivity contribution in [2.45, 2.75) is 368 Å². The fraction of sp³-hybridized carbons (Fsp3) is 0.953. The lowest BCUT2D eigenvalue weighted by atomic mass is 9.99. The maximum Gasteiger partial charge on any atom is 0.306 e. The second kappa shape index (κ2) is 56.7. The highest BCUT2D eigenvalue weighted by atomic mass is 16.6. The second-order valence-electron chi connectivity index (χ2n) is 22.8. The number of carbonyl (C=O) groups excluding carboxylic acids is 3. The SMILES string of the molecule is CCCCCCCCCCCCCCCCCC(=O)OC[C@@H](COC(=O)CCCCCCCCCCCCCCC(C)C)OC(=O)CCCCCCCCCCCCCCCCCCCCC(C)CC. The van der Waals surface area contributed by atoms with Crippen molar-refractivity contribution in [1.29, 1.82) is 0 Å². The first-order valence-electron chi connectivity index (χ1n) is 31.8. The first-order valence-corrected chi connectivity index (χ1v) is 31.8. The molecule has 70 heavy (non-hydrogen) atoms. The second-order valence-corrected chi connectivity index (χ2v) is 22.8. The van der Waals surface area contributed by atoms with Gasteiger partial charge in [0.25, 0.3) is 0 Å². The van der Waals surface area contributed by atoms with Crippen LogP contribution in [0.15, 0.2) is 0 Å². The zero-order chi connectivity index (χ0) is 51.1. The summed E-state index contributed by atoms with van der Waals surface area (Å²) in [6.45, 7) is 11.5. The maximum absolute atomic E-state index is 12.9. The van der Waals surface area contributed by atoms with E-state index in [1.165, 1.54) is 250 Å². The Labute approximate surface area is 438 Å². The molecule has 6 heteroatoms. The molecule has 0 aromatic rings. The number of esters is 3. The van der Waals surface area contributed by atoms with Crippen LogP contribution in [0, 0.1) is 11.8 Å². The van der Waals surface area contributed by atoms with E-state index in [1.54, 1.807) is 0 Å². The van der Waals surface area contributed by atoms with Gasteiger partial charge in [-0.2, -0.15) is 0 Å². The number of unbranched alkanes of at least 4 members (excludes halogenated alkanes) is 42. The first-order chi connectivity index (χ1) is 34.3. The molecule has 0 saturated heterocycles. The highest BCUT2D eigenvalue weighted by molar-refractivity contribution is 5.71. The molecule has 0 saturated carbocycles. The Morgan fingerprint density at radius 2 is 0.543 bits per heavy atom. The smallest absolute Gasteiger partial charge is 0.306 e. The van der Waals surface area contributed by atoms with Crippen molar-refractivity contribution in [2.24, 2.45) is 11.8 Å². The third kappa shape index (κ3) is 55.7. The molecule has 0 aliphatic carbocycles. The number of ether oxygens (including phenoxy) is 3. The highest BCUT2D eigenvalue weighted by Crippen LogP contribution is 2.19. The van der Waals surface area contributed by atoms with E-state index in [0.29, 0.717) is 19.3 Å². The van der Waals surface area contributed by atoms with E-state index in [-0.39, 0.29) is 31.1 Å². The molecule has 0 aliphatic rings. The monoisotopic (exact) mass is 989 g/mol. The van der Waals surface area contributed by atoms with Crippen LogP contribution < -0.4 is 0 Å². The number of hydrogen-bond acceptors (Lipinski definition) is 6. The molecule has 6 nitrogen and oxygen atoms in total. The van der Waals surface area contributed by atoms with Crippen LogP contribution in [-0.2, 0) is 28.6 Å². The summed E-state index contributed by atoms with van der Waals surface area (Å²) in [5.41, 5.74) is 0. The Bertz CT molecular complexity index is 1070. The summed E-state index contributed by atoms with van der Waals surface area (Å²) in [6, 6.07) is 0. The minimum atomic E-state index is -0.763. The average molecular weight is 990 g/mol. The number of rotatable bonds is 58. The molecule has 0 bridgehead atoms. The van der Waals surface area contributed by atoms with E-state index in [4.69, 9.17) is 14.2 Å². The Balaban J connectivity index is 4.26. The van der Waals surface area contributed by atoms with Gasteiger partial charge in [-0.25, -0.2) is 0 Å². The van der Waals surface area contributed by atoms with Crippen LogP contribution >= 0.6 is 0 Å². The molecule has 0 radical (unpaired) electrons. The van der Waals surface area contributed by atoms with Crippen molar-refractivity contribution in [3.63, 3.8) is 0 Å². The first kappa shape index (κ1) is 68.4. The van der Waals surface area contributed by atoms with Gasteiger partial charge in [-0.1, -0.05) is 324 Å². The maximum atomic E-state index is 12.9. The summed E-state index contributed by atoms with van der Waals surface area (Å²) >= 11 is 0. The van der Waals surface area contributed by atoms with Gasteiger partial charge in [-0.05, 0) is 31.1 Å². The van der Waals surface area contributed by atoms with Crippen molar-refractivity contribution in [1.82, 2.24) is 0 Å². The van der Waals surface area contributed by atoms with Crippen LogP contribution in [0.1, 0.15) is 362 Å². The summed E-state index contributed by atoms with van der Waals surface area (Å²) in [5.74, 6) is 0.911. The van der Waals surface area contributed by atoms with Gasteiger partial charge in [0.05, 0.1) is 0 Å². The third-order valence-corrected chi connectivity index (χ3v) is 15.1. The Hall–Kier alpha value is -1.59. The van der Waals surface area contributed by atoms with Crippen molar-refractivity contribution in [3.05, 3.63) is 0 Å². The lowest BCUT2D eigenvalue weighted by Gasteiger charge is -2.18. The molecular formula is C64H124O6. The lowest BCUT2D eigenvalue weighted by molar-refractivity contribution is -0.167. The standard InChI is InChI=1S/C64H124O6/c1-6-8-9-10-11-12-13-14-19-23-29-34-39-44-49-54-62(65)68-57-61(58-69-63(66)55-50-45-40-35-30-26-25-27-32-37-42-47-52-59(3)4)70-64(67)56-51-46-41-36-31-24-21-18-16-15-17-20-22-28-33-38-43-48-53-60(5)7-2/h59-61H,6-58H2,1-5H3/t60?,61-/m0/s1. The van der Waals surface area contributed by atoms with Gasteiger partial charge in [0.2, 0.25) is 0 Å². The van der Waals surface area contributed by atoms with Crippen LogP contribution in [0.4, 0.5) is 0 Å². The Morgan fingerprint density at radius 1 is 0.300 bits per heavy atom. The van der Waals surface area contributed by atoms with E-state index in [0.717, 1.165) is 69.6 Å². The number of carbonyl (C=O) groups is 3.